The Balaban J connectivity index is 1.84. The second kappa shape index (κ2) is 7.41. The molecule has 0 aliphatic heterocycles. The molecule has 0 saturated heterocycles. The largest absolute Gasteiger partial charge is 0.324 e. The van der Waals surface area contributed by atoms with E-state index < -0.39 is 0 Å². The van der Waals surface area contributed by atoms with Crippen molar-refractivity contribution in [2.45, 2.75) is 13.0 Å². The molecule has 0 saturated carbocycles. The number of hydrogen-bond donors (Lipinski definition) is 2. The van der Waals surface area contributed by atoms with E-state index in [-0.39, 0.29) is 11.6 Å². The molecule has 8 nitrogen and oxygen atoms in total. The van der Waals surface area contributed by atoms with Crippen LogP contribution in [0, 0.1) is 6.57 Å². The van der Waals surface area contributed by atoms with Crippen LogP contribution in [-0.4, -0.2) is 25.0 Å². The standard InChI is InChI=1S/C24H19N7O/c1-13(25)17-10-18-20(12-27-30-24(18)32)29-22(17)19-11-28-31(3)23(19)16-9-8-14-6-4-5-7-15(14)21(16)26-2/h4-13H,25H2,1,3H3,(H,30,32)/t13-/m1/s1. The minimum atomic E-state index is -0.376. The highest BCUT2D eigenvalue weighted by molar-refractivity contribution is 6.03. The molecule has 156 valence electrons. The Morgan fingerprint density at radius 2 is 1.94 bits per heavy atom. The molecule has 0 radical (unpaired) electrons. The highest BCUT2D eigenvalue weighted by Gasteiger charge is 2.22. The molecule has 0 amide bonds. The van der Waals surface area contributed by atoms with E-state index in [1.807, 2.05) is 50.4 Å². The minimum Gasteiger partial charge on any atom is -0.324 e. The van der Waals surface area contributed by atoms with E-state index >= 15 is 0 Å². The molecule has 32 heavy (non-hydrogen) atoms. The average molecular weight is 421 g/mol. The molecular formula is C24H19N7O. The molecule has 3 heterocycles. The second-order valence-corrected chi connectivity index (χ2v) is 7.67. The summed E-state index contributed by atoms with van der Waals surface area (Å²) in [7, 11) is 1.83. The van der Waals surface area contributed by atoms with Gasteiger partial charge in [-0.1, -0.05) is 36.4 Å². The summed E-state index contributed by atoms with van der Waals surface area (Å²) in [6, 6.07) is 13.1. The Hall–Kier alpha value is -4.35. The maximum absolute atomic E-state index is 12.3. The van der Waals surface area contributed by atoms with Gasteiger partial charge in [-0.05, 0) is 29.3 Å². The van der Waals surface area contributed by atoms with Crippen LogP contribution in [0.3, 0.4) is 0 Å². The van der Waals surface area contributed by atoms with Gasteiger partial charge in [0.25, 0.3) is 5.56 Å². The quantitative estimate of drug-likeness (QED) is 0.426. The van der Waals surface area contributed by atoms with Gasteiger partial charge in [-0.2, -0.15) is 10.2 Å². The summed E-state index contributed by atoms with van der Waals surface area (Å²) in [5, 5.41) is 13.1. The molecule has 1 atom stereocenters. The van der Waals surface area contributed by atoms with E-state index in [2.05, 4.69) is 20.1 Å². The van der Waals surface area contributed by atoms with Gasteiger partial charge in [0.1, 0.15) is 0 Å². The smallest absolute Gasteiger partial charge is 0.273 e. The number of fused-ring (bicyclic) bond motifs is 2. The Bertz CT molecular complexity index is 1610. The second-order valence-electron chi connectivity index (χ2n) is 7.67. The van der Waals surface area contributed by atoms with Gasteiger partial charge >= 0.3 is 0 Å². The molecule has 0 bridgehead atoms. The number of pyridine rings is 1. The molecule has 3 N–H and O–H groups in total. The summed E-state index contributed by atoms with van der Waals surface area (Å²) in [6.07, 6.45) is 3.24. The fraction of sp³-hybridized carbons (Fsp3) is 0.125. The summed E-state index contributed by atoms with van der Waals surface area (Å²) >= 11 is 0. The number of hydrogen-bond acceptors (Lipinski definition) is 5. The van der Waals surface area contributed by atoms with Crippen LogP contribution in [0.2, 0.25) is 0 Å². The van der Waals surface area contributed by atoms with Crippen molar-refractivity contribution < 1.29 is 0 Å². The molecular weight excluding hydrogens is 402 g/mol. The number of nitrogens with one attached hydrogen (secondary N) is 1. The van der Waals surface area contributed by atoms with Crippen LogP contribution in [0.5, 0.6) is 0 Å². The molecule has 0 aliphatic carbocycles. The van der Waals surface area contributed by atoms with E-state index in [9.17, 15) is 4.79 Å². The minimum absolute atomic E-state index is 0.320. The number of rotatable bonds is 3. The summed E-state index contributed by atoms with van der Waals surface area (Å²) in [5.41, 5.74) is 10.6. The van der Waals surface area contributed by atoms with E-state index in [1.54, 1.807) is 16.9 Å². The lowest BCUT2D eigenvalue weighted by Gasteiger charge is -2.15. The molecule has 0 aliphatic rings. The van der Waals surface area contributed by atoms with Gasteiger partial charge in [0.05, 0.1) is 41.3 Å². The number of H-pyrrole nitrogens is 1. The Labute approximate surface area is 183 Å². The predicted molar refractivity (Wildman–Crippen MR) is 124 cm³/mol. The number of benzene rings is 2. The Morgan fingerprint density at radius 1 is 1.12 bits per heavy atom. The number of aromatic nitrogens is 5. The van der Waals surface area contributed by atoms with Crippen LogP contribution in [0.4, 0.5) is 5.69 Å². The molecule has 5 rings (SSSR count). The maximum atomic E-state index is 12.3. The first-order chi connectivity index (χ1) is 15.5. The first kappa shape index (κ1) is 19.6. The monoisotopic (exact) mass is 421 g/mol. The van der Waals surface area contributed by atoms with Crippen LogP contribution in [0.15, 0.2) is 59.7 Å². The molecule has 8 heteroatoms. The number of aryl methyl sites for hydroxylation is 1. The number of aromatic amines is 1. The summed E-state index contributed by atoms with van der Waals surface area (Å²) in [4.78, 5) is 20.9. The van der Waals surface area contributed by atoms with Gasteiger partial charge in [0, 0.05) is 24.2 Å². The van der Waals surface area contributed by atoms with Crippen molar-refractivity contribution in [1.82, 2.24) is 25.0 Å². The van der Waals surface area contributed by atoms with Crippen LogP contribution in [0.1, 0.15) is 18.5 Å². The van der Waals surface area contributed by atoms with Crippen molar-refractivity contribution in [3.05, 3.63) is 82.2 Å². The van der Waals surface area contributed by atoms with Crippen LogP contribution in [0.25, 0.3) is 49.0 Å². The molecule has 0 fully saturated rings. The summed E-state index contributed by atoms with van der Waals surface area (Å²) < 4.78 is 1.74. The van der Waals surface area contributed by atoms with E-state index in [1.165, 1.54) is 6.20 Å². The van der Waals surface area contributed by atoms with E-state index in [0.717, 1.165) is 27.6 Å². The third kappa shape index (κ3) is 2.95. The third-order valence-corrected chi connectivity index (χ3v) is 5.63. The molecule has 0 unspecified atom stereocenters. The van der Waals surface area contributed by atoms with Crippen LogP contribution >= 0.6 is 0 Å². The van der Waals surface area contributed by atoms with Crippen molar-refractivity contribution in [3.63, 3.8) is 0 Å². The lowest BCUT2D eigenvalue weighted by atomic mass is 9.95. The molecule has 2 aromatic carbocycles. The van der Waals surface area contributed by atoms with E-state index in [0.29, 0.717) is 27.8 Å². The summed E-state index contributed by atoms with van der Waals surface area (Å²) in [5.74, 6) is 0. The first-order valence-corrected chi connectivity index (χ1v) is 10.1. The fourth-order valence-electron chi connectivity index (χ4n) is 4.10. The average Bonchev–Trinajstić information content (AvgIpc) is 3.18. The molecule has 3 aromatic heterocycles. The Kier molecular flexibility index (Phi) is 4.54. The number of nitrogens with two attached hydrogens (primary N) is 1. The topological polar surface area (TPSA) is 107 Å². The fourth-order valence-corrected chi connectivity index (χ4v) is 4.10. The summed E-state index contributed by atoms with van der Waals surface area (Å²) in [6.45, 7) is 9.72. The normalized spacial score (nSPS) is 12.2. The van der Waals surface area contributed by atoms with Gasteiger partial charge in [0.2, 0.25) is 5.69 Å². The van der Waals surface area contributed by atoms with Crippen molar-refractivity contribution in [1.29, 1.82) is 0 Å². The highest BCUT2D eigenvalue weighted by Crippen LogP contribution is 2.42. The molecule has 5 aromatic rings. The Morgan fingerprint density at radius 3 is 2.72 bits per heavy atom. The maximum Gasteiger partial charge on any atom is 0.273 e. The van der Waals surface area contributed by atoms with Gasteiger partial charge in [-0.25, -0.2) is 14.9 Å². The zero-order valence-electron chi connectivity index (χ0n) is 17.5. The van der Waals surface area contributed by atoms with Crippen molar-refractivity contribution in [3.8, 4) is 22.5 Å². The van der Waals surface area contributed by atoms with Gasteiger partial charge in [-0.3, -0.25) is 9.48 Å². The van der Waals surface area contributed by atoms with Gasteiger partial charge < -0.3 is 5.73 Å². The zero-order chi connectivity index (χ0) is 22.4. The van der Waals surface area contributed by atoms with Gasteiger partial charge in [0.15, 0.2) is 0 Å². The first-order valence-electron chi connectivity index (χ1n) is 10.1. The van der Waals surface area contributed by atoms with Crippen LogP contribution in [-0.2, 0) is 7.05 Å². The van der Waals surface area contributed by atoms with Crippen molar-refractivity contribution >= 4 is 27.4 Å². The zero-order valence-corrected chi connectivity index (χ0v) is 17.5. The van der Waals surface area contributed by atoms with Crippen LogP contribution < -0.4 is 11.3 Å². The highest BCUT2D eigenvalue weighted by atomic mass is 16.1. The predicted octanol–water partition coefficient (Wildman–Crippen LogP) is 4.11. The molecule has 0 spiro atoms. The SMILES string of the molecule is [C-]#[N+]c1c(-c2c(-c3nc4cn[nH]c(=O)c4cc3[C@@H](C)N)cnn2C)ccc2ccccc12. The van der Waals surface area contributed by atoms with Crippen molar-refractivity contribution in [2.24, 2.45) is 12.8 Å². The third-order valence-electron chi connectivity index (χ3n) is 5.63. The van der Waals surface area contributed by atoms with Crippen molar-refractivity contribution in [2.75, 3.05) is 0 Å². The van der Waals surface area contributed by atoms with Gasteiger partial charge in [-0.15, -0.1) is 0 Å². The lowest BCUT2D eigenvalue weighted by molar-refractivity contribution is 0.776. The number of nitrogens with zero attached hydrogens (tertiary/aromatic N) is 5. The lowest BCUT2D eigenvalue weighted by Crippen LogP contribution is -2.13. The van der Waals surface area contributed by atoms with E-state index in [4.69, 9.17) is 17.3 Å².